The number of hydrogen-bond donors (Lipinski definition) is 1. The van der Waals surface area contributed by atoms with Gasteiger partial charge in [0.05, 0.1) is 11.4 Å². The largest absolute Gasteiger partial charge is 0.325 e. The Hall–Kier alpha value is -1.44. The Morgan fingerprint density at radius 2 is 1.86 bits per heavy atom. The molecule has 1 aromatic rings. The minimum Gasteiger partial charge on any atom is -0.325 e. The summed E-state index contributed by atoms with van der Waals surface area (Å²) in [4.78, 5) is 14.8. The lowest BCUT2D eigenvalue weighted by Crippen LogP contribution is -2.37. The quantitative estimate of drug-likeness (QED) is 0.753. The lowest BCUT2D eigenvalue weighted by molar-refractivity contribution is -0.117. The average molecular weight is 408 g/mol. The Bertz CT molecular complexity index is 797. The highest BCUT2D eigenvalue weighted by Gasteiger charge is 2.31. The third kappa shape index (κ3) is 5.13. The van der Waals surface area contributed by atoms with Crippen LogP contribution in [0, 0.1) is 12.8 Å². The van der Waals surface area contributed by atoms with E-state index in [0.717, 1.165) is 25.7 Å². The van der Waals surface area contributed by atoms with Crippen LogP contribution in [0.3, 0.4) is 0 Å². The van der Waals surface area contributed by atoms with Crippen LogP contribution in [-0.2, 0) is 14.8 Å². The third-order valence-corrected chi connectivity index (χ3v) is 8.09. The number of carbonyl (C=O) groups excluding carboxylic acids is 1. The maximum Gasteiger partial charge on any atom is 0.243 e. The molecule has 0 aromatic heterocycles. The highest BCUT2D eigenvalue weighted by atomic mass is 32.2. The van der Waals surface area contributed by atoms with E-state index < -0.39 is 10.0 Å². The number of rotatable bonds is 7. The molecule has 0 radical (unpaired) electrons. The van der Waals surface area contributed by atoms with Crippen molar-refractivity contribution in [2.75, 3.05) is 32.0 Å². The fourth-order valence-corrected chi connectivity index (χ4v) is 5.65. The van der Waals surface area contributed by atoms with Gasteiger partial charge in [-0.2, -0.15) is 4.31 Å². The second kappa shape index (κ2) is 8.93. The summed E-state index contributed by atoms with van der Waals surface area (Å²) >= 11 is 0. The highest BCUT2D eigenvalue weighted by Crippen LogP contribution is 2.34. The smallest absolute Gasteiger partial charge is 0.243 e. The van der Waals surface area contributed by atoms with Gasteiger partial charge in [-0.3, -0.25) is 9.69 Å². The molecule has 1 unspecified atom stereocenters. The van der Waals surface area contributed by atoms with Gasteiger partial charge in [0, 0.05) is 24.8 Å². The molecule has 156 valence electrons. The maximum atomic E-state index is 13.2. The standard InChI is InChI=1S/C21H33N3O3S/c1-16-8-11-19(22-21(25)15-23(3)17(2)18-9-10-18)14-20(16)28(26,27)24-12-6-4-5-7-13-24/h8,11,14,17-18H,4-7,9-10,12-13,15H2,1-3H3,(H,22,25). The van der Waals surface area contributed by atoms with E-state index in [9.17, 15) is 13.2 Å². The Balaban J connectivity index is 1.70. The first-order valence-electron chi connectivity index (χ1n) is 10.4. The second-order valence-electron chi connectivity index (χ2n) is 8.34. The van der Waals surface area contributed by atoms with Gasteiger partial charge >= 0.3 is 0 Å². The molecule has 1 aromatic carbocycles. The van der Waals surface area contributed by atoms with Crippen molar-refractivity contribution in [2.45, 2.75) is 63.3 Å². The van der Waals surface area contributed by atoms with E-state index in [1.807, 2.05) is 7.05 Å². The van der Waals surface area contributed by atoms with Gasteiger partial charge in [-0.25, -0.2) is 8.42 Å². The molecule has 2 fully saturated rings. The third-order valence-electron chi connectivity index (χ3n) is 6.05. The van der Waals surface area contributed by atoms with Crippen molar-refractivity contribution in [3.63, 3.8) is 0 Å². The number of anilines is 1. The number of hydrogen-bond acceptors (Lipinski definition) is 4. The first-order chi connectivity index (χ1) is 13.3. The van der Waals surface area contributed by atoms with Gasteiger partial charge in [0.2, 0.25) is 15.9 Å². The van der Waals surface area contributed by atoms with Crippen molar-refractivity contribution >= 4 is 21.6 Å². The van der Waals surface area contributed by atoms with Crippen LogP contribution in [0.25, 0.3) is 0 Å². The molecule has 0 bridgehead atoms. The zero-order valence-corrected chi connectivity index (χ0v) is 18.1. The molecule has 1 heterocycles. The molecule has 1 N–H and O–H groups in total. The van der Waals surface area contributed by atoms with Crippen molar-refractivity contribution in [1.29, 1.82) is 0 Å². The summed E-state index contributed by atoms with van der Waals surface area (Å²) in [7, 11) is -1.58. The van der Waals surface area contributed by atoms with Crippen molar-refractivity contribution < 1.29 is 13.2 Å². The number of nitrogens with zero attached hydrogens (tertiary/aromatic N) is 2. The number of aryl methyl sites for hydroxylation is 1. The summed E-state index contributed by atoms with van der Waals surface area (Å²) < 4.78 is 27.9. The van der Waals surface area contributed by atoms with Gasteiger partial charge < -0.3 is 5.32 Å². The van der Waals surface area contributed by atoms with Crippen molar-refractivity contribution in [3.8, 4) is 0 Å². The first-order valence-corrected chi connectivity index (χ1v) is 11.8. The molecule has 2 aliphatic rings. The summed E-state index contributed by atoms with van der Waals surface area (Å²) in [5, 5.41) is 2.88. The van der Waals surface area contributed by atoms with Crippen LogP contribution in [-0.4, -0.2) is 56.3 Å². The number of likely N-dealkylation sites (N-methyl/N-ethyl adjacent to an activating group) is 1. The van der Waals surface area contributed by atoms with Gasteiger partial charge in [-0.1, -0.05) is 18.9 Å². The molecule has 1 aliphatic carbocycles. The summed E-state index contributed by atoms with van der Waals surface area (Å²) in [6.45, 7) is 5.41. The summed E-state index contributed by atoms with van der Waals surface area (Å²) in [5.74, 6) is 0.583. The molecular weight excluding hydrogens is 374 g/mol. The number of nitrogens with one attached hydrogen (secondary N) is 1. The molecule has 1 saturated heterocycles. The van der Waals surface area contributed by atoms with E-state index in [-0.39, 0.29) is 5.91 Å². The minimum absolute atomic E-state index is 0.114. The Kier molecular flexibility index (Phi) is 6.78. The van der Waals surface area contributed by atoms with Crippen LogP contribution in [0.4, 0.5) is 5.69 Å². The zero-order valence-electron chi connectivity index (χ0n) is 17.3. The average Bonchev–Trinajstić information content (AvgIpc) is 3.49. The molecule has 7 heteroatoms. The van der Waals surface area contributed by atoms with E-state index in [2.05, 4.69) is 17.1 Å². The zero-order chi connectivity index (χ0) is 20.3. The monoisotopic (exact) mass is 407 g/mol. The van der Waals surface area contributed by atoms with Gasteiger partial charge in [-0.05, 0) is 70.2 Å². The lowest BCUT2D eigenvalue weighted by atomic mass is 10.2. The van der Waals surface area contributed by atoms with Crippen LogP contribution >= 0.6 is 0 Å². The highest BCUT2D eigenvalue weighted by molar-refractivity contribution is 7.89. The van der Waals surface area contributed by atoms with Crippen LogP contribution in [0.5, 0.6) is 0 Å². The topological polar surface area (TPSA) is 69.7 Å². The van der Waals surface area contributed by atoms with Crippen molar-refractivity contribution in [1.82, 2.24) is 9.21 Å². The van der Waals surface area contributed by atoms with E-state index >= 15 is 0 Å². The Morgan fingerprint density at radius 1 is 1.21 bits per heavy atom. The molecule has 6 nitrogen and oxygen atoms in total. The maximum absolute atomic E-state index is 13.2. The fourth-order valence-electron chi connectivity index (χ4n) is 3.89. The number of carbonyl (C=O) groups is 1. The predicted octanol–water partition coefficient (Wildman–Crippen LogP) is 3.23. The molecule has 1 saturated carbocycles. The molecular formula is C21H33N3O3S. The van der Waals surface area contributed by atoms with Crippen molar-refractivity contribution in [2.24, 2.45) is 5.92 Å². The van der Waals surface area contributed by atoms with E-state index in [1.165, 1.54) is 12.8 Å². The van der Waals surface area contributed by atoms with Gasteiger partial charge in [0.25, 0.3) is 0 Å². The number of benzene rings is 1. The van der Waals surface area contributed by atoms with Crippen LogP contribution in [0.2, 0.25) is 0 Å². The van der Waals surface area contributed by atoms with E-state index in [0.29, 0.717) is 47.7 Å². The lowest BCUT2D eigenvalue weighted by Gasteiger charge is -2.24. The molecule has 3 rings (SSSR count). The van der Waals surface area contributed by atoms with E-state index in [4.69, 9.17) is 0 Å². The first kappa shape index (κ1) is 21.3. The number of sulfonamides is 1. The van der Waals surface area contributed by atoms with Gasteiger partial charge in [-0.15, -0.1) is 0 Å². The molecule has 1 aliphatic heterocycles. The molecule has 28 heavy (non-hydrogen) atoms. The van der Waals surface area contributed by atoms with Crippen LogP contribution < -0.4 is 5.32 Å². The number of amides is 1. The molecule has 1 amide bonds. The fraction of sp³-hybridized carbons (Fsp3) is 0.667. The summed E-state index contributed by atoms with van der Waals surface area (Å²) in [6, 6.07) is 5.55. The summed E-state index contributed by atoms with van der Waals surface area (Å²) in [5.41, 5.74) is 1.25. The van der Waals surface area contributed by atoms with Crippen LogP contribution in [0.15, 0.2) is 23.1 Å². The minimum atomic E-state index is -3.54. The normalized spacial score (nSPS) is 20.0. The Morgan fingerprint density at radius 3 is 2.46 bits per heavy atom. The summed E-state index contributed by atoms with van der Waals surface area (Å²) in [6.07, 6.45) is 6.44. The van der Waals surface area contributed by atoms with Gasteiger partial charge in [0.15, 0.2) is 0 Å². The Labute approximate surface area is 169 Å². The SMILES string of the molecule is Cc1ccc(NC(=O)CN(C)C(C)C2CC2)cc1S(=O)(=O)N1CCCCCC1. The molecule has 0 spiro atoms. The second-order valence-corrected chi connectivity index (χ2v) is 10.2. The predicted molar refractivity (Wildman–Crippen MR) is 112 cm³/mol. The van der Waals surface area contributed by atoms with Crippen molar-refractivity contribution in [3.05, 3.63) is 23.8 Å². The van der Waals surface area contributed by atoms with Crippen LogP contribution in [0.1, 0.15) is 51.0 Å². The molecule has 1 atom stereocenters. The van der Waals surface area contributed by atoms with Gasteiger partial charge in [0.1, 0.15) is 0 Å². The van der Waals surface area contributed by atoms with E-state index in [1.54, 1.807) is 29.4 Å².